The van der Waals surface area contributed by atoms with Crippen molar-refractivity contribution in [2.24, 2.45) is 0 Å². The molecule has 146 valence electrons. The van der Waals surface area contributed by atoms with Crippen LogP contribution in [0.25, 0.3) is 11.0 Å². The molecule has 8 nitrogen and oxygen atoms in total. The van der Waals surface area contributed by atoms with Crippen molar-refractivity contribution in [1.29, 1.82) is 0 Å². The highest BCUT2D eigenvalue weighted by molar-refractivity contribution is 5.91. The Labute approximate surface area is 167 Å². The maximum absolute atomic E-state index is 13.2. The second-order valence-electron chi connectivity index (χ2n) is 6.09. The van der Waals surface area contributed by atoms with Crippen LogP contribution in [0.3, 0.4) is 0 Å². The first-order valence-electron chi connectivity index (χ1n) is 8.24. The lowest BCUT2D eigenvalue weighted by atomic mass is 10.1. The zero-order valence-electron chi connectivity index (χ0n) is 14.3. The number of amides is 1. The number of nitrogens with one attached hydrogen (secondary N) is 3. The van der Waals surface area contributed by atoms with Gasteiger partial charge in [0.2, 0.25) is 0 Å². The SMILES string of the molecule is Cl.Cl.O=C(NCc1nc2ccc(F)cc2[nH]1)c1cn(C2CCNCC2)nn1. The Morgan fingerprint density at radius 2 is 2.07 bits per heavy atom. The van der Waals surface area contributed by atoms with Gasteiger partial charge in [0.1, 0.15) is 11.6 Å². The maximum Gasteiger partial charge on any atom is 0.273 e. The number of carbonyl (C=O) groups is 1. The first kappa shape index (κ1) is 21.1. The third-order valence-electron chi connectivity index (χ3n) is 4.34. The lowest BCUT2D eigenvalue weighted by Gasteiger charge is -2.22. The third-order valence-corrected chi connectivity index (χ3v) is 4.34. The van der Waals surface area contributed by atoms with E-state index in [0.717, 1.165) is 25.9 Å². The third kappa shape index (κ3) is 4.74. The molecule has 4 rings (SSSR count). The van der Waals surface area contributed by atoms with Gasteiger partial charge >= 0.3 is 0 Å². The predicted molar refractivity (Wildman–Crippen MR) is 103 cm³/mol. The molecule has 3 N–H and O–H groups in total. The Balaban J connectivity index is 0.00000131. The van der Waals surface area contributed by atoms with Gasteiger partial charge in [0, 0.05) is 0 Å². The number of piperidine rings is 1. The minimum absolute atomic E-state index is 0. The molecule has 1 aliphatic rings. The first-order chi connectivity index (χ1) is 12.2. The molecule has 0 aliphatic carbocycles. The summed E-state index contributed by atoms with van der Waals surface area (Å²) in [6.45, 7) is 2.09. The largest absolute Gasteiger partial charge is 0.343 e. The number of hydrogen-bond acceptors (Lipinski definition) is 5. The molecule has 0 spiro atoms. The molecule has 1 aromatic carbocycles. The highest BCUT2D eigenvalue weighted by atomic mass is 35.5. The number of rotatable bonds is 4. The number of hydrogen-bond donors (Lipinski definition) is 3. The van der Waals surface area contributed by atoms with E-state index in [2.05, 4.69) is 30.9 Å². The van der Waals surface area contributed by atoms with Crippen molar-refractivity contribution in [1.82, 2.24) is 35.6 Å². The first-order valence-corrected chi connectivity index (χ1v) is 8.24. The highest BCUT2D eigenvalue weighted by Gasteiger charge is 2.18. The molecule has 1 fully saturated rings. The van der Waals surface area contributed by atoms with Gasteiger partial charge < -0.3 is 15.6 Å². The summed E-state index contributed by atoms with van der Waals surface area (Å²) in [5, 5.41) is 14.1. The van der Waals surface area contributed by atoms with E-state index in [-0.39, 0.29) is 54.8 Å². The van der Waals surface area contributed by atoms with Crippen LogP contribution < -0.4 is 10.6 Å². The molecular weight excluding hydrogens is 396 g/mol. The fraction of sp³-hybridized carbons (Fsp3) is 0.375. The fourth-order valence-corrected chi connectivity index (χ4v) is 3.00. The van der Waals surface area contributed by atoms with Gasteiger partial charge in [-0.15, -0.1) is 29.9 Å². The number of halogens is 3. The van der Waals surface area contributed by atoms with Crippen LogP contribution in [0.4, 0.5) is 4.39 Å². The van der Waals surface area contributed by atoms with Crippen molar-refractivity contribution in [3.63, 3.8) is 0 Å². The molecule has 3 aromatic rings. The van der Waals surface area contributed by atoms with Gasteiger partial charge in [-0.1, -0.05) is 5.21 Å². The van der Waals surface area contributed by atoms with Crippen LogP contribution in [0.1, 0.15) is 35.2 Å². The molecule has 3 heterocycles. The molecule has 0 radical (unpaired) electrons. The van der Waals surface area contributed by atoms with Gasteiger partial charge in [0.05, 0.1) is 29.8 Å². The van der Waals surface area contributed by atoms with E-state index in [1.54, 1.807) is 16.9 Å². The number of benzene rings is 1. The summed E-state index contributed by atoms with van der Waals surface area (Å²) in [6, 6.07) is 4.60. The molecule has 2 aromatic heterocycles. The Morgan fingerprint density at radius 1 is 1.30 bits per heavy atom. The van der Waals surface area contributed by atoms with Gasteiger partial charge in [0.15, 0.2) is 5.69 Å². The van der Waals surface area contributed by atoms with Crippen LogP contribution in [0.5, 0.6) is 0 Å². The lowest BCUT2D eigenvalue weighted by molar-refractivity contribution is 0.0945. The molecule has 0 atom stereocenters. The number of aromatic amines is 1. The summed E-state index contributed by atoms with van der Waals surface area (Å²) >= 11 is 0. The molecule has 1 saturated heterocycles. The van der Waals surface area contributed by atoms with Gasteiger partial charge in [-0.05, 0) is 44.1 Å². The van der Waals surface area contributed by atoms with Crippen molar-refractivity contribution in [2.45, 2.75) is 25.4 Å². The Bertz CT molecular complexity index is 907. The molecule has 0 saturated carbocycles. The summed E-state index contributed by atoms with van der Waals surface area (Å²) in [4.78, 5) is 19.5. The number of fused-ring (bicyclic) bond motifs is 1. The van der Waals surface area contributed by atoms with E-state index in [1.165, 1.54) is 12.1 Å². The number of carbonyl (C=O) groups excluding carboxylic acids is 1. The Kier molecular flexibility index (Phi) is 7.11. The van der Waals surface area contributed by atoms with Gasteiger partial charge in [-0.3, -0.25) is 4.79 Å². The van der Waals surface area contributed by atoms with Crippen molar-refractivity contribution in [3.8, 4) is 0 Å². The molecular formula is C16H20Cl2FN7O. The number of nitrogens with zero attached hydrogens (tertiary/aromatic N) is 4. The summed E-state index contributed by atoms with van der Waals surface area (Å²) < 4.78 is 15.0. The number of aromatic nitrogens is 5. The standard InChI is InChI=1S/C16H18FN7O.2ClH/c17-10-1-2-12-13(7-10)21-15(20-12)8-19-16(25)14-9-24(23-22-14)11-3-5-18-6-4-11;;/h1-2,7,9,11,18H,3-6,8H2,(H,19,25)(H,20,21);2*1H. The Hall–Kier alpha value is -2.23. The molecule has 0 bridgehead atoms. The zero-order valence-corrected chi connectivity index (χ0v) is 15.9. The number of H-pyrrole nitrogens is 1. The summed E-state index contributed by atoms with van der Waals surface area (Å²) in [5.74, 6) is -0.0900. The van der Waals surface area contributed by atoms with E-state index >= 15 is 0 Å². The molecule has 1 aliphatic heterocycles. The second kappa shape index (κ2) is 9.12. The monoisotopic (exact) mass is 415 g/mol. The minimum atomic E-state index is -0.332. The Morgan fingerprint density at radius 3 is 2.85 bits per heavy atom. The summed E-state index contributed by atoms with van der Waals surface area (Å²) in [6.07, 6.45) is 3.62. The highest BCUT2D eigenvalue weighted by Crippen LogP contribution is 2.17. The summed E-state index contributed by atoms with van der Waals surface area (Å²) in [7, 11) is 0. The molecule has 1 amide bonds. The van der Waals surface area contributed by atoms with Gasteiger partial charge in [0.25, 0.3) is 5.91 Å². The second-order valence-corrected chi connectivity index (χ2v) is 6.09. The van der Waals surface area contributed by atoms with Crippen LogP contribution in [0.15, 0.2) is 24.4 Å². The van der Waals surface area contributed by atoms with Crippen LogP contribution >= 0.6 is 24.8 Å². The van der Waals surface area contributed by atoms with Gasteiger partial charge in [-0.2, -0.15) is 0 Å². The van der Waals surface area contributed by atoms with Crippen molar-refractivity contribution in [3.05, 3.63) is 41.7 Å². The summed E-state index contributed by atoms with van der Waals surface area (Å²) in [5.41, 5.74) is 1.53. The average Bonchev–Trinajstić information content (AvgIpc) is 3.27. The topological polar surface area (TPSA) is 101 Å². The number of imidazole rings is 1. The zero-order chi connectivity index (χ0) is 17.2. The molecule has 11 heteroatoms. The quantitative estimate of drug-likeness (QED) is 0.604. The van der Waals surface area contributed by atoms with Gasteiger partial charge in [-0.25, -0.2) is 14.1 Å². The van der Waals surface area contributed by atoms with Crippen molar-refractivity contribution < 1.29 is 9.18 Å². The van der Waals surface area contributed by atoms with E-state index in [9.17, 15) is 9.18 Å². The van der Waals surface area contributed by atoms with E-state index in [1.807, 2.05) is 0 Å². The average molecular weight is 416 g/mol. The van der Waals surface area contributed by atoms with Crippen LogP contribution in [-0.2, 0) is 6.54 Å². The van der Waals surface area contributed by atoms with Crippen LogP contribution in [0, 0.1) is 5.82 Å². The lowest BCUT2D eigenvalue weighted by Crippen LogP contribution is -2.29. The van der Waals surface area contributed by atoms with E-state index < -0.39 is 0 Å². The van der Waals surface area contributed by atoms with E-state index in [4.69, 9.17) is 0 Å². The van der Waals surface area contributed by atoms with Crippen LogP contribution in [0.2, 0.25) is 0 Å². The van der Waals surface area contributed by atoms with Crippen molar-refractivity contribution >= 4 is 41.8 Å². The van der Waals surface area contributed by atoms with E-state index in [0.29, 0.717) is 16.9 Å². The minimum Gasteiger partial charge on any atom is -0.343 e. The fourth-order valence-electron chi connectivity index (χ4n) is 3.00. The molecule has 0 unspecified atom stereocenters. The normalized spacial score (nSPS) is 14.4. The van der Waals surface area contributed by atoms with Crippen molar-refractivity contribution in [2.75, 3.05) is 13.1 Å². The predicted octanol–water partition coefficient (Wildman–Crippen LogP) is 1.99. The van der Waals surface area contributed by atoms with Crippen LogP contribution in [-0.4, -0.2) is 44.0 Å². The smallest absolute Gasteiger partial charge is 0.273 e. The molecule has 27 heavy (non-hydrogen) atoms. The maximum atomic E-state index is 13.2.